The molecule has 4 aliphatic rings. The first kappa shape index (κ1) is 22.8. The van der Waals surface area contributed by atoms with E-state index >= 15 is 0 Å². The van der Waals surface area contributed by atoms with Crippen molar-refractivity contribution in [3.8, 4) is 0 Å². The average Bonchev–Trinajstić information content (AvgIpc) is 3.33. The number of fused-ring (bicyclic) bond motifs is 4. The third kappa shape index (κ3) is 3.03. The van der Waals surface area contributed by atoms with Gasteiger partial charge in [-0.2, -0.15) is 0 Å². The van der Waals surface area contributed by atoms with Crippen LogP contribution >= 0.6 is 0 Å². The third-order valence-corrected chi connectivity index (χ3v) is 7.46. The smallest absolute Gasteiger partial charge is 0.332 e. The maximum Gasteiger partial charge on any atom is 0.332 e. The molecule has 4 heterocycles. The lowest BCUT2D eigenvalue weighted by atomic mass is 9.68. The van der Waals surface area contributed by atoms with Crippen LogP contribution in [0.3, 0.4) is 0 Å². The van der Waals surface area contributed by atoms with Crippen LogP contribution < -0.4 is 10.2 Å². The quantitative estimate of drug-likeness (QED) is 0.376. The van der Waals surface area contributed by atoms with Crippen molar-refractivity contribution in [1.29, 1.82) is 0 Å². The van der Waals surface area contributed by atoms with E-state index in [9.17, 15) is 28.8 Å². The van der Waals surface area contributed by atoms with Crippen molar-refractivity contribution in [2.75, 3.05) is 32.1 Å². The SMILES string of the molecule is CCN1C(=O)NC(=O)C(=Cc2ccc3c(c2)CC2(C(=O)N(C)C(=O)N(C)C2=O)C2CCCN32)C1=O. The van der Waals surface area contributed by atoms with Crippen molar-refractivity contribution in [1.82, 2.24) is 20.0 Å². The summed E-state index contributed by atoms with van der Waals surface area (Å²) >= 11 is 0. The number of urea groups is 2. The van der Waals surface area contributed by atoms with Gasteiger partial charge in [0, 0.05) is 32.9 Å². The molecule has 0 aromatic heterocycles. The number of imide groups is 4. The molecule has 8 amide bonds. The molecule has 1 aromatic rings. The van der Waals surface area contributed by atoms with E-state index in [1.165, 1.54) is 20.2 Å². The summed E-state index contributed by atoms with van der Waals surface area (Å²) in [6.45, 7) is 2.41. The first-order valence-electron chi connectivity index (χ1n) is 11.5. The van der Waals surface area contributed by atoms with E-state index in [4.69, 9.17) is 0 Å². The zero-order chi connectivity index (χ0) is 25.2. The second kappa shape index (κ2) is 7.76. The fourth-order valence-corrected chi connectivity index (χ4v) is 5.78. The number of likely N-dealkylation sites (N-methyl/N-ethyl adjacent to an activating group) is 1. The van der Waals surface area contributed by atoms with Gasteiger partial charge in [-0.3, -0.25) is 39.2 Å². The number of hydrogen-bond donors (Lipinski definition) is 1. The first-order chi connectivity index (χ1) is 16.6. The number of carbonyl (C=O) groups is 6. The Balaban J connectivity index is 1.59. The first-order valence-corrected chi connectivity index (χ1v) is 11.5. The Morgan fingerprint density at radius 1 is 1.06 bits per heavy atom. The van der Waals surface area contributed by atoms with E-state index in [-0.39, 0.29) is 24.6 Å². The van der Waals surface area contributed by atoms with Gasteiger partial charge in [-0.15, -0.1) is 0 Å². The molecule has 0 bridgehead atoms. The van der Waals surface area contributed by atoms with Gasteiger partial charge >= 0.3 is 12.1 Å². The number of amides is 8. The monoisotopic (exact) mass is 479 g/mol. The van der Waals surface area contributed by atoms with Crippen molar-refractivity contribution in [3.05, 3.63) is 34.9 Å². The summed E-state index contributed by atoms with van der Waals surface area (Å²) in [5.41, 5.74) is 0.506. The molecule has 4 aliphatic heterocycles. The van der Waals surface area contributed by atoms with E-state index in [0.717, 1.165) is 26.8 Å². The number of rotatable bonds is 2. The summed E-state index contributed by atoms with van der Waals surface area (Å²) in [6.07, 6.45) is 2.95. The summed E-state index contributed by atoms with van der Waals surface area (Å²) < 4.78 is 0. The topological polar surface area (TPSA) is 127 Å². The van der Waals surface area contributed by atoms with Crippen molar-refractivity contribution in [2.24, 2.45) is 5.41 Å². The molecule has 11 nitrogen and oxygen atoms in total. The van der Waals surface area contributed by atoms with Gasteiger partial charge in [0.25, 0.3) is 11.8 Å². The van der Waals surface area contributed by atoms with Gasteiger partial charge in [0.1, 0.15) is 5.57 Å². The standard InChI is InChI=1S/C24H25N5O6/c1-4-28-19(31)15(18(30)25-22(28)34)11-13-7-8-16-14(10-13)12-24(17-6-5-9-29(16)17)20(32)26(2)23(35)27(3)21(24)33/h7-8,10-11,17H,4-6,9,12H2,1-3H3,(H,25,30,34). The van der Waals surface area contributed by atoms with Crippen LogP contribution in [0.4, 0.5) is 15.3 Å². The van der Waals surface area contributed by atoms with Crippen molar-refractivity contribution in [2.45, 2.75) is 32.2 Å². The lowest BCUT2D eigenvalue weighted by Crippen LogP contribution is -2.70. The number of nitrogens with one attached hydrogen (secondary N) is 1. The number of nitrogens with zero attached hydrogens (tertiary/aromatic N) is 4. The molecule has 1 atom stereocenters. The van der Waals surface area contributed by atoms with Gasteiger partial charge in [-0.25, -0.2) is 9.59 Å². The largest absolute Gasteiger partial charge is 0.367 e. The zero-order valence-electron chi connectivity index (χ0n) is 19.7. The second-order valence-corrected chi connectivity index (χ2v) is 9.27. The molecule has 1 N–H and O–H groups in total. The van der Waals surface area contributed by atoms with E-state index in [1.54, 1.807) is 19.1 Å². The molecule has 11 heteroatoms. The van der Waals surface area contributed by atoms with Crippen molar-refractivity contribution in [3.63, 3.8) is 0 Å². The Hall–Kier alpha value is -4.02. The molecule has 1 spiro atoms. The normalized spacial score (nSPS) is 25.0. The molecule has 0 saturated carbocycles. The maximum absolute atomic E-state index is 13.5. The second-order valence-electron chi connectivity index (χ2n) is 9.27. The minimum Gasteiger partial charge on any atom is -0.367 e. The van der Waals surface area contributed by atoms with Gasteiger partial charge in [0.05, 0.1) is 6.04 Å². The predicted octanol–water partition coefficient (Wildman–Crippen LogP) is 0.730. The van der Waals surface area contributed by atoms with Crippen molar-refractivity contribution < 1.29 is 28.8 Å². The lowest BCUT2D eigenvalue weighted by molar-refractivity contribution is -0.159. The fourth-order valence-electron chi connectivity index (χ4n) is 5.78. The molecule has 3 saturated heterocycles. The van der Waals surface area contributed by atoms with E-state index < -0.39 is 41.1 Å². The van der Waals surface area contributed by atoms with Crippen LogP contribution in [0, 0.1) is 5.41 Å². The van der Waals surface area contributed by atoms with Gasteiger partial charge < -0.3 is 4.90 Å². The Morgan fingerprint density at radius 2 is 1.74 bits per heavy atom. The number of anilines is 1. The Labute approximate surface area is 201 Å². The fraction of sp³-hybridized carbons (Fsp3) is 0.417. The third-order valence-electron chi connectivity index (χ3n) is 7.46. The lowest BCUT2D eigenvalue weighted by Gasteiger charge is -2.50. The molecule has 0 aliphatic carbocycles. The minimum absolute atomic E-state index is 0.0971. The Kier molecular flexibility index (Phi) is 5.04. The van der Waals surface area contributed by atoms with Crippen LogP contribution in [0.15, 0.2) is 23.8 Å². The highest BCUT2D eigenvalue weighted by Gasteiger charge is 2.63. The summed E-state index contributed by atoms with van der Waals surface area (Å²) in [5, 5.41) is 2.16. The van der Waals surface area contributed by atoms with Crippen LogP contribution in [-0.2, 0) is 25.6 Å². The minimum atomic E-state index is -1.43. The van der Waals surface area contributed by atoms with Gasteiger partial charge in [0.15, 0.2) is 5.41 Å². The molecular formula is C24H25N5O6. The molecule has 1 aromatic carbocycles. The van der Waals surface area contributed by atoms with Crippen LogP contribution in [0.1, 0.15) is 30.9 Å². The molecule has 3 fully saturated rings. The number of barbiturate groups is 2. The van der Waals surface area contributed by atoms with Gasteiger partial charge in [0.2, 0.25) is 11.8 Å². The summed E-state index contributed by atoms with van der Waals surface area (Å²) in [6, 6.07) is 3.59. The molecule has 182 valence electrons. The van der Waals surface area contributed by atoms with Gasteiger partial charge in [-0.1, -0.05) is 6.07 Å². The highest BCUT2D eigenvalue weighted by Crippen LogP contribution is 2.49. The average molecular weight is 479 g/mol. The number of hydrogen-bond acceptors (Lipinski definition) is 7. The predicted molar refractivity (Wildman–Crippen MR) is 123 cm³/mol. The van der Waals surface area contributed by atoms with E-state index in [0.29, 0.717) is 24.1 Å². The summed E-state index contributed by atoms with van der Waals surface area (Å²) in [5.74, 6) is -2.50. The number of carbonyl (C=O) groups excluding carboxylic acids is 6. The van der Waals surface area contributed by atoms with Crippen LogP contribution in [0.5, 0.6) is 0 Å². The van der Waals surface area contributed by atoms with Gasteiger partial charge in [-0.05, 0) is 55.5 Å². The van der Waals surface area contributed by atoms with E-state index in [2.05, 4.69) is 10.2 Å². The molecule has 0 radical (unpaired) electrons. The zero-order valence-corrected chi connectivity index (χ0v) is 19.7. The molecule has 5 rings (SSSR count). The van der Waals surface area contributed by atoms with Crippen LogP contribution in [0.25, 0.3) is 6.08 Å². The van der Waals surface area contributed by atoms with E-state index in [1.807, 2.05) is 6.07 Å². The maximum atomic E-state index is 13.5. The highest BCUT2D eigenvalue weighted by atomic mass is 16.2. The highest BCUT2D eigenvalue weighted by molar-refractivity contribution is 6.31. The number of benzene rings is 1. The molecule has 1 unspecified atom stereocenters. The molecule has 35 heavy (non-hydrogen) atoms. The van der Waals surface area contributed by atoms with Crippen LogP contribution in [0.2, 0.25) is 0 Å². The summed E-state index contributed by atoms with van der Waals surface area (Å²) in [4.78, 5) is 81.4. The van der Waals surface area contributed by atoms with Crippen LogP contribution in [-0.4, -0.2) is 83.6 Å². The Bertz CT molecular complexity index is 1230. The van der Waals surface area contributed by atoms with Crippen molar-refractivity contribution >= 4 is 47.5 Å². The molecular weight excluding hydrogens is 454 g/mol. The summed E-state index contributed by atoms with van der Waals surface area (Å²) in [7, 11) is 2.78. The Morgan fingerprint density at radius 3 is 2.40 bits per heavy atom.